The van der Waals surface area contributed by atoms with E-state index in [2.05, 4.69) is 4.98 Å². The number of fused-ring (bicyclic) bond motifs is 1. The molecule has 0 aliphatic heterocycles. The zero-order valence-corrected chi connectivity index (χ0v) is 10.8. The highest BCUT2D eigenvalue weighted by Crippen LogP contribution is 2.38. The van der Waals surface area contributed by atoms with Gasteiger partial charge in [0.2, 0.25) is 0 Å². The second-order valence-corrected chi connectivity index (χ2v) is 4.60. The Balaban J connectivity index is 2.36. The number of hydrogen-bond acceptors (Lipinski definition) is 3. The number of rotatable bonds is 2. The van der Waals surface area contributed by atoms with Gasteiger partial charge in [-0.2, -0.15) is 0 Å². The van der Waals surface area contributed by atoms with E-state index in [1.807, 2.05) is 37.3 Å². The predicted octanol–water partition coefficient (Wildman–Crippen LogP) is 3.76. The summed E-state index contributed by atoms with van der Waals surface area (Å²) in [5.41, 5.74) is 2.78. The number of aryl methyl sites for hydroxylation is 1. The molecule has 0 atom stereocenters. The van der Waals surface area contributed by atoms with Crippen LogP contribution in [0.1, 0.15) is 5.56 Å². The van der Waals surface area contributed by atoms with Gasteiger partial charge < -0.3 is 10.1 Å². The van der Waals surface area contributed by atoms with Gasteiger partial charge in [-0.05, 0) is 30.2 Å². The number of nitrogens with zero attached hydrogens (tertiary/aromatic N) is 1. The summed E-state index contributed by atoms with van der Waals surface area (Å²) >= 11 is 0. The molecule has 1 aromatic heterocycles. The lowest BCUT2D eigenvalue weighted by atomic mass is 10.1. The number of aromatic amines is 1. The maximum Gasteiger partial charge on any atom is 0.334 e. The molecule has 0 saturated carbocycles. The Morgan fingerprint density at radius 1 is 1.15 bits per heavy atom. The molecule has 5 nitrogen and oxygen atoms in total. The lowest BCUT2D eigenvalue weighted by Crippen LogP contribution is -1.90. The molecule has 0 radical (unpaired) electrons. The van der Waals surface area contributed by atoms with E-state index in [1.165, 1.54) is 6.07 Å². The molecule has 0 aliphatic rings. The number of aromatic hydroxyl groups is 1. The Labute approximate surface area is 114 Å². The van der Waals surface area contributed by atoms with Crippen LogP contribution in [0.15, 0.2) is 42.5 Å². The van der Waals surface area contributed by atoms with Gasteiger partial charge in [0.1, 0.15) is 5.52 Å². The van der Waals surface area contributed by atoms with Crippen molar-refractivity contribution < 1.29 is 10.0 Å². The first-order valence-electron chi connectivity index (χ1n) is 6.13. The zero-order chi connectivity index (χ0) is 14.3. The van der Waals surface area contributed by atoms with E-state index in [1.54, 1.807) is 6.07 Å². The molecule has 3 aromatic rings. The summed E-state index contributed by atoms with van der Waals surface area (Å²) in [6.07, 6.45) is 0. The monoisotopic (exact) mass is 268 g/mol. The fourth-order valence-corrected chi connectivity index (χ4v) is 2.45. The number of phenolic OH excluding ortho intramolecular Hbond substituents is 1. The van der Waals surface area contributed by atoms with E-state index in [0.29, 0.717) is 5.52 Å². The number of nitro groups is 1. The van der Waals surface area contributed by atoms with E-state index in [0.717, 1.165) is 22.2 Å². The van der Waals surface area contributed by atoms with Crippen molar-refractivity contribution >= 4 is 16.6 Å². The molecule has 0 bridgehead atoms. The molecule has 2 aromatic carbocycles. The minimum Gasteiger partial charge on any atom is -0.502 e. The van der Waals surface area contributed by atoms with Crippen LogP contribution in [0.4, 0.5) is 5.69 Å². The predicted molar refractivity (Wildman–Crippen MR) is 76.8 cm³/mol. The minimum absolute atomic E-state index is 0.284. The number of benzene rings is 2. The van der Waals surface area contributed by atoms with Gasteiger partial charge in [0.05, 0.1) is 4.92 Å². The number of nitrogens with one attached hydrogen (secondary N) is 1. The van der Waals surface area contributed by atoms with Gasteiger partial charge in [-0.25, -0.2) is 0 Å². The van der Waals surface area contributed by atoms with Crippen LogP contribution in [0.5, 0.6) is 5.75 Å². The summed E-state index contributed by atoms with van der Waals surface area (Å²) in [5, 5.41) is 21.6. The van der Waals surface area contributed by atoms with E-state index >= 15 is 0 Å². The summed E-state index contributed by atoms with van der Waals surface area (Å²) < 4.78 is 0. The lowest BCUT2D eigenvalue weighted by molar-refractivity contribution is -0.384. The van der Waals surface area contributed by atoms with Crippen LogP contribution in [0, 0.1) is 17.0 Å². The van der Waals surface area contributed by atoms with E-state index < -0.39 is 4.92 Å². The third-order valence-corrected chi connectivity index (χ3v) is 3.43. The summed E-state index contributed by atoms with van der Waals surface area (Å²) in [6, 6.07) is 12.6. The molecule has 0 spiro atoms. The molecule has 2 N–H and O–H groups in total. The normalized spacial score (nSPS) is 10.8. The number of H-pyrrole nitrogens is 1. The second kappa shape index (κ2) is 4.38. The van der Waals surface area contributed by atoms with Crippen molar-refractivity contribution in [1.82, 2.24) is 4.98 Å². The van der Waals surface area contributed by atoms with E-state index in [-0.39, 0.29) is 11.4 Å². The van der Waals surface area contributed by atoms with Gasteiger partial charge in [0.15, 0.2) is 5.75 Å². The van der Waals surface area contributed by atoms with Crippen LogP contribution in [0.25, 0.3) is 22.2 Å². The molecule has 20 heavy (non-hydrogen) atoms. The zero-order valence-electron chi connectivity index (χ0n) is 10.8. The molecule has 0 aliphatic carbocycles. The number of phenols is 1. The van der Waals surface area contributed by atoms with Crippen LogP contribution >= 0.6 is 0 Å². The standard InChI is InChI=1S/C15H12N2O3/c1-9-11-7-8-12(18)15(17(19)20)14(11)16-13(9)10-5-3-2-4-6-10/h2-8,16,18H,1H3. The minimum atomic E-state index is -0.567. The first-order valence-corrected chi connectivity index (χ1v) is 6.13. The third kappa shape index (κ3) is 1.72. The van der Waals surface area contributed by atoms with Crippen LogP contribution in [-0.4, -0.2) is 15.0 Å². The number of nitro benzene ring substituents is 1. The van der Waals surface area contributed by atoms with E-state index in [4.69, 9.17) is 0 Å². The first kappa shape index (κ1) is 12.2. The van der Waals surface area contributed by atoms with Crippen LogP contribution < -0.4 is 0 Å². The van der Waals surface area contributed by atoms with Crippen molar-refractivity contribution in [3.8, 4) is 17.0 Å². The quantitative estimate of drug-likeness (QED) is 0.548. The van der Waals surface area contributed by atoms with Gasteiger partial charge in [0, 0.05) is 11.1 Å². The molecule has 0 unspecified atom stereocenters. The molecule has 0 amide bonds. The van der Waals surface area contributed by atoms with E-state index in [9.17, 15) is 15.2 Å². The average molecular weight is 268 g/mol. The Morgan fingerprint density at radius 3 is 2.50 bits per heavy atom. The van der Waals surface area contributed by atoms with Crippen molar-refractivity contribution in [2.24, 2.45) is 0 Å². The Kier molecular flexibility index (Phi) is 2.68. The molecular formula is C15H12N2O3. The maximum absolute atomic E-state index is 11.1. The third-order valence-electron chi connectivity index (χ3n) is 3.43. The molecule has 0 fully saturated rings. The fraction of sp³-hybridized carbons (Fsp3) is 0.0667. The largest absolute Gasteiger partial charge is 0.502 e. The molecule has 100 valence electrons. The van der Waals surface area contributed by atoms with Gasteiger partial charge in [0.25, 0.3) is 0 Å². The molecule has 3 rings (SSSR count). The van der Waals surface area contributed by atoms with Gasteiger partial charge in [-0.15, -0.1) is 0 Å². The Morgan fingerprint density at radius 2 is 1.85 bits per heavy atom. The second-order valence-electron chi connectivity index (χ2n) is 4.60. The highest BCUT2D eigenvalue weighted by atomic mass is 16.6. The first-order chi connectivity index (χ1) is 9.59. The summed E-state index contributed by atoms with van der Waals surface area (Å²) in [6.45, 7) is 1.90. The van der Waals surface area contributed by atoms with Gasteiger partial charge in [-0.3, -0.25) is 10.1 Å². The smallest absolute Gasteiger partial charge is 0.334 e. The molecule has 0 saturated heterocycles. The lowest BCUT2D eigenvalue weighted by Gasteiger charge is -1.98. The SMILES string of the molecule is Cc1c(-c2ccccc2)[nH]c2c([N+](=O)[O-])c(O)ccc12. The fourth-order valence-electron chi connectivity index (χ4n) is 2.45. The van der Waals surface area contributed by atoms with Crippen LogP contribution in [0.3, 0.4) is 0 Å². The van der Waals surface area contributed by atoms with Gasteiger partial charge in [-0.1, -0.05) is 30.3 Å². The summed E-state index contributed by atoms with van der Waals surface area (Å²) in [4.78, 5) is 13.6. The van der Waals surface area contributed by atoms with Crippen LogP contribution in [0.2, 0.25) is 0 Å². The van der Waals surface area contributed by atoms with Crippen molar-refractivity contribution in [2.45, 2.75) is 6.92 Å². The van der Waals surface area contributed by atoms with Crippen molar-refractivity contribution in [3.05, 3.63) is 58.1 Å². The molecule has 1 heterocycles. The summed E-state index contributed by atoms with van der Waals surface area (Å²) in [5.74, 6) is -0.330. The topological polar surface area (TPSA) is 79.2 Å². The Bertz CT molecular complexity index is 807. The maximum atomic E-state index is 11.1. The average Bonchev–Trinajstić information content (AvgIpc) is 2.76. The highest BCUT2D eigenvalue weighted by Gasteiger charge is 2.22. The van der Waals surface area contributed by atoms with Crippen LogP contribution in [-0.2, 0) is 0 Å². The van der Waals surface area contributed by atoms with Crippen molar-refractivity contribution in [1.29, 1.82) is 0 Å². The molecule has 5 heteroatoms. The molecular weight excluding hydrogens is 256 g/mol. The number of hydrogen-bond donors (Lipinski definition) is 2. The number of aromatic nitrogens is 1. The highest BCUT2D eigenvalue weighted by molar-refractivity contribution is 5.97. The van der Waals surface area contributed by atoms with Crippen molar-refractivity contribution in [2.75, 3.05) is 0 Å². The summed E-state index contributed by atoms with van der Waals surface area (Å²) in [7, 11) is 0. The van der Waals surface area contributed by atoms with Crippen molar-refractivity contribution in [3.63, 3.8) is 0 Å². The Hall–Kier alpha value is -2.82. The van der Waals surface area contributed by atoms with Gasteiger partial charge >= 0.3 is 5.69 Å².